The minimum Gasteiger partial charge on any atom is -0.508 e. The van der Waals surface area contributed by atoms with Gasteiger partial charge in [0.15, 0.2) is 0 Å². The number of hydrogen-bond donors (Lipinski definition) is 1. The summed E-state index contributed by atoms with van der Waals surface area (Å²) < 4.78 is 0. The molecule has 0 saturated carbocycles. The molecule has 5 heteroatoms. The zero-order valence-electron chi connectivity index (χ0n) is 10.2. The molecule has 3 rings (SSSR count). The molecule has 0 spiro atoms. The van der Waals surface area contributed by atoms with Gasteiger partial charge in [0, 0.05) is 21.5 Å². The maximum Gasteiger partial charge on any atom is 0.124 e. The van der Waals surface area contributed by atoms with Crippen LogP contribution in [0.15, 0.2) is 47.8 Å². The molecule has 2 aromatic carbocycles. The Kier molecular flexibility index (Phi) is 3.66. The molecule has 2 nitrogen and oxygen atoms in total. The number of hydrogen-bond acceptors (Lipinski definition) is 3. The highest BCUT2D eigenvalue weighted by molar-refractivity contribution is 7.13. The summed E-state index contributed by atoms with van der Waals surface area (Å²) in [6.07, 6.45) is 0. The van der Waals surface area contributed by atoms with E-state index in [2.05, 4.69) is 4.98 Å². The molecule has 100 valence electrons. The van der Waals surface area contributed by atoms with Crippen molar-refractivity contribution in [2.75, 3.05) is 0 Å². The van der Waals surface area contributed by atoms with Crippen LogP contribution in [0.1, 0.15) is 0 Å². The lowest BCUT2D eigenvalue weighted by Crippen LogP contribution is -1.81. The fraction of sp³-hybridized carbons (Fsp3) is 0. The zero-order chi connectivity index (χ0) is 14.1. The van der Waals surface area contributed by atoms with E-state index in [4.69, 9.17) is 23.2 Å². The standard InChI is InChI=1S/C15H9Cl2NOS/c16-10-3-6-12(13(17)7-10)14-8-20-15(18-14)9-1-4-11(19)5-2-9/h1-8,19H. The zero-order valence-corrected chi connectivity index (χ0v) is 12.5. The average molecular weight is 322 g/mol. The summed E-state index contributed by atoms with van der Waals surface area (Å²) in [7, 11) is 0. The fourth-order valence-corrected chi connectivity index (χ4v) is 3.16. The Morgan fingerprint density at radius 3 is 2.45 bits per heavy atom. The third-order valence-corrected chi connectivity index (χ3v) is 4.26. The van der Waals surface area contributed by atoms with Gasteiger partial charge in [0.2, 0.25) is 0 Å². The second-order valence-electron chi connectivity index (χ2n) is 4.21. The van der Waals surface area contributed by atoms with E-state index in [1.54, 1.807) is 24.3 Å². The van der Waals surface area contributed by atoms with Crippen molar-refractivity contribution in [3.63, 3.8) is 0 Å². The van der Waals surface area contributed by atoms with Crippen LogP contribution in [-0.2, 0) is 0 Å². The maximum atomic E-state index is 9.30. The topological polar surface area (TPSA) is 33.1 Å². The van der Waals surface area contributed by atoms with Crippen molar-refractivity contribution in [1.29, 1.82) is 0 Å². The maximum absolute atomic E-state index is 9.30. The van der Waals surface area contributed by atoms with Gasteiger partial charge in [-0.2, -0.15) is 0 Å². The average Bonchev–Trinajstić information content (AvgIpc) is 2.89. The number of rotatable bonds is 2. The Morgan fingerprint density at radius 2 is 1.75 bits per heavy atom. The normalized spacial score (nSPS) is 10.7. The van der Waals surface area contributed by atoms with Crippen molar-refractivity contribution >= 4 is 34.5 Å². The van der Waals surface area contributed by atoms with Gasteiger partial charge in [-0.05, 0) is 42.5 Å². The molecule has 0 saturated heterocycles. The van der Waals surface area contributed by atoms with Crippen LogP contribution in [-0.4, -0.2) is 10.1 Å². The van der Waals surface area contributed by atoms with E-state index in [-0.39, 0.29) is 5.75 Å². The molecule has 0 aliphatic heterocycles. The van der Waals surface area contributed by atoms with Gasteiger partial charge >= 0.3 is 0 Å². The summed E-state index contributed by atoms with van der Waals surface area (Å²) in [5.41, 5.74) is 2.64. The Balaban J connectivity index is 1.99. The van der Waals surface area contributed by atoms with Crippen LogP contribution in [0, 0.1) is 0 Å². The molecule has 3 aromatic rings. The van der Waals surface area contributed by atoms with E-state index in [0.29, 0.717) is 10.0 Å². The summed E-state index contributed by atoms with van der Waals surface area (Å²) in [4.78, 5) is 4.58. The molecular weight excluding hydrogens is 313 g/mol. The molecule has 0 aliphatic rings. The second kappa shape index (κ2) is 5.44. The summed E-state index contributed by atoms with van der Waals surface area (Å²) >= 11 is 13.6. The van der Waals surface area contributed by atoms with Crippen LogP contribution in [0.2, 0.25) is 10.0 Å². The van der Waals surface area contributed by atoms with Crippen molar-refractivity contribution < 1.29 is 5.11 Å². The Morgan fingerprint density at radius 1 is 1.00 bits per heavy atom. The third-order valence-electron chi connectivity index (χ3n) is 2.83. The van der Waals surface area contributed by atoms with Gasteiger partial charge < -0.3 is 5.11 Å². The second-order valence-corrected chi connectivity index (χ2v) is 5.91. The monoisotopic (exact) mass is 321 g/mol. The highest BCUT2D eigenvalue weighted by atomic mass is 35.5. The number of aromatic hydroxyl groups is 1. The first-order valence-electron chi connectivity index (χ1n) is 5.84. The minimum atomic E-state index is 0.242. The third kappa shape index (κ3) is 2.66. The van der Waals surface area contributed by atoms with Gasteiger partial charge in [-0.3, -0.25) is 0 Å². The highest BCUT2D eigenvalue weighted by Crippen LogP contribution is 2.34. The van der Waals surface area contributed by atoms with E-state index in [9.17, 15) is 5.11 Å². The number of phenolic OH excluding ortho intramolecular Hbond substituents is 1. The number of thiazole rings is 1. The molecule has 1 N–H and O–H groups in total. The molecule has 1 aromatic heterocycles. The van der Waals surface area contributed by atoms with Crippen molar-refractivity contribution in [2.45, 2.75) is 0 Å². The Labute approximate surface area is 130 Å². The quantitative estimate of drug-likeness (QED) is 0.677. The molecule has 0 bridgehead atoms. The highest BCUT2D eigenvalue weighted by Gasteiger charge is 2.10. The van der Waals surface area contributed by atoms with Gasteiger partial charge in [0.25, 0.3) is 0 Å². The molecule has 1 heterocycles. The molecule has 0 atom stereocenters. The van der Waals surface area contributed by atoms with Crippen LogP contribution >= 0.6 is 34.5 Å². The molecule has 0 aliphatic carbocycles. The van der Waals surface area contributed by atoms with Gasteiger partial charge in [-0.15, -0.1) is 11.3 Å². The van der Waals surface area contributed by atoms with Crippen molar-refractivity contribution in [3.05, 3.63) is 57.9 Å². The predicted octanol–water partition coefficient (Wildman–Crippen LogP) is 5.49. The first-order chi connectivity index (χ1) is 9.63. The lowest BCUT2D eigenvalue weighted by atomic mass is 10.2. The van der Waals surface area contributed by atoms with E-state index in [1.807, 2.05) is 23.6 Å². The van der Waals surface area contributed by atoms with Crippen molar-refractivity contribution in [3.8, 4) is 27.6 Å². The summed E-state index contributed by atoms with van der Waals surface area (Å²) in [6, 6.07) is 12.3. The Bertz CT molecular complexity index is 753. The molecule has 20 heavy (non-hydrogen) atoms. The largest absolute Gasteiger partial charge is 0.508 e. The van der Waals surface area contributed by atoms with Gasteiger partial charge in [-0.1, -0.05) is 23.2 Å². The minimum absolute atomic E-state index is 0.242. The number of phenols is 1. The molecular formula is C15H9Cl2NOS. The van der Waals surface area contributed by atoms with Crippen molar-refractivity contribution in [2.24, 2.45) is 0 Å². The predicted molar refractivity (Wildman–Crippen MR) is 84.7 cm³/mol. The molecule has 0 radical (unpaired) electrons. The fourth-order valence-electron chi connectivity index (χ4n) is 1.83. The molecule has 0 unspecified atom stereocenters. The number of benzene rings is 2. The van der Waals surface area contributed by atoms with E-state index in [0.717, 1.165) is 21.8 Å². The first kappa shape index (κ1) is 13.4. The summed E-state index contributed by atoms with van der Waals surface area (Å²) in [6.45, 7) is 0. The van der Waals surface area contributed by atoms with Crippen molar-refractivity contribution in [1.82, 2.24) is 4.98 Å². The van der Waals surface area contributed by atoms with Gasteiger partial charge in [0.1, 0.15) is 10.8 Å². The van der Waals surface area contributed by atoms with Crippen LogP contribution in [0.4, 0.5) is 0 Å². The van der Waals surface area contributed by atoms with E-state index in [1.165, 1.54) is 11.3 Å². The molecule has 0 amide bonds. The first-order valence-corrected chi connectivity index (χ1v) is 7.47. The van der Waals surface area contributed by atoms with E-state index < -0.39 is 0 Å². The lowest BCUT2D eigenvalue weighted by Gasteiger charge is -2.01. The van der Waals surface area contributed by atoms with Crippen LogP contribution in [0.25, 0.3) is 21.8 Å². The summed E-state index contributed by atoms with van der Waals surface area (Å²) in [5, 5.41) is 13.3. The Hall–Kier alpha value is -1.55. The number of halogens is 2. The van der Waals surface area contributed by atoms with Crippen LogP contribution in [0.5, 0.6) is 5.75 Å². The SMILES string of the molecule is Oc1ccc(-c2nc(-c3ccc(Cl)cc3Cl)cs2)cc1. The number of nitrogens with zero attached hydrogens (tertiary/aromatic N) is 1. The van der Waals surface area contributed by atoms with Crippen LogP contribution in [0.3, 0.4) is 0 Å². The van der Waals surface area contributed by atoms with Gasteiger partial charge in [0.05, 0.1) is 10.7 Å². The van der Waals surface area contributed by atoms with E-state index >= 15 is 0 Å². The van der Waals surface area contributed by atoms with Crippen LogP contribution < -0.4 is 0 Å². The number of aromatic nitrogens is 1. The van der Waals surface area contributed by atoms with Gasteiger partial charge in [-0.25, -0.2) is 4.98 Å². The summed E-state index contributed by atoms with van der Waals surface area (Å²) in [5.74, 6) is 0.242. The molecule has 0 fully saturated rings. The lowest BCUT2D eigenvalue weighted by molar-refractivity contribution is 0.475. The smallest absolute Gasteiger partial charge is 0.124 e.